The maximum Gasteiger partial charge on any atom is 0.282 e. The molecule has 1 aliphatic heterocycles. The topological polar surface area (TPSA) is 67.9 Å². The number of amides is 2. The highest BCUT2D eigenvalue weighted by molar-refractivity contribution is 6.46. The molecule has 0 saturated carbocycles. The molecular weight excluding hydrogens is 416 g/mol. The van der Waals surface area contributed by atoms with Gasteiger partial charge in [0.15, 0.2) is 0 Å². The van der Waals surface area contributed by atoms with Crippen LogP contribution in [0.3, 0.4) is 0 Å². The van der Waals surface area contributed by atoms with E-state index in [9.17, 15) is 9.59 Å². The number of ether oxygens (including phenoxy) is 2. The molecule has 1 N–H and O–H groups in total. The molecule has 0 aromatic heterocycles. The van der Waals surface area contributed by atoms with Gasteiger partial charge in [0.05, 0.1) is 31.2 Å². The van der Waals surface area contributed by atoms with Gasteiger partial charge >= 0.3 is 0 Å². The van der Waals surface area contributed by atoms with Gasteiger partial charge in [-0.2, -0.15) is 0 Å². The molecule has 0 atom stereocenters. The number of hydrogen-bond acceptors (Lipinski definition) is 5. The van der Waals surface area contributed by atoms with Gasteiger partial charge in [-0.3, -0.25) is 9.59 Å². The Morgan fingerprint density at radius 1 is 0.758 bits per heavy atom. The lowest BCUT2D eigenvalue weighted by atomic mass is 10.0. The number of aryl methyl sites for hydroxylation is 3. The lowest BCUT2D eigenvalue weighted by Gasteiger charge is -2.18. The van der Waals surface area contributed by atoms with Crippen molar-refractivity contribution < 1.29 is 19.1 Å². The van der Waals surface area contributed by atoms with E-state index in [0.717, 1.165) is 16.7 Å². The molecule has 0 saturated heterocycles. The van der Waals surface area contributed by atoms with Gasteiger partial charge in [0.1, 0.15) is 17.2 Å². The number of anilines is 2. The Hall–Kier alpha value is -4.06. The number of imide groups is 1. The summed E-state index contributed by atoms with van der Waals surface area (Å²) >= 11 is 0. The quantitative estimate of drug-likeness (QED) is 0.543. The first-order valence-electron chi connectivity index (χ1n) is 10.6. The van der Waals surface area contributed by atoms with Crippen LogP contribution in [-0.4, -0.2) is 26.0 Å². The van der Waals surface area contributed by atoms with Crippen molar-refractivity contribution in [1.29, 1.82) is 0 Å². The van der Waals surface area contributed by atoms with Crippen LogP contribution in [0.5, 0.6) is 11.5 Å². The van der Waals surface area contributed by atoms with E-state index in [1.54, 1.807) is 38.5 Å². The lowest BCUT2D eigenvalue weighted by Crippen LogP contribution is -2.33. The third kappa shape index (κ3) is 4.07. The van der Waals surface area contributed by atoms with Crippen LogP contribution in [0, 0.1) is 20.8 Å². The van der Waals surface area contributed by atoms with Crippen molar-refractivity contribution in [1.82, 2.24) is 0 Å². The molecule has 33 heavy (non-hydrogen) atoms. The second kappa shape index (κ2) is 8.82. The summed E-state index contributed by atoms with van der Waals surface area (Å²) < 4.78 is 10.7. The fourth-order valence-corrected chi connectivity index (χ4v) is 4.00. The molecule has 4 rings (SSSR count). The van der Waals surface area contributed by atoms with Crippen LogP contribution in [0.1, 0.15) is 22.3 Å². The Morgan fingerprint density at radius 3 is 2.06 bits per heavy atom. The van der Waals surface area contributed by atoms with E-state index in [4.69, 9.17) is 9.47 Å². The Balaban J connectivity index is 1.86. The largest absolute Gasteiger partial charge is 0.497 e. The highest BCUT2D eigenvalue weighted by Crippen LogP contribution is 2.37. The smallest absolute Gasteiger partial charge is 0.282 e. The van der Waals surface area contributed by atoms with Crippen LogP contribution >= 0.6 is 0 Å². The minimum absolute atomic E-state index is 0.203. The number of rotatable bonds is 6. The van der Waals surface area contributed by atoms with Crippen LogP contribution in [0.2, 0.25) is 0 Å². The summed E-state index contributed by atoms with van der Waals surface area (Å²) in [5.74, 6) is 0.442. The Bertz CT molecular complexity index is 1280. The Labute approximate surface area is 193 Å². The second-order valence-electron chi connectivity index (χ2n) is 8.04. The summed E-state index contributed by atoms with van der Waals surface area (Å²) in [6, 6.07) is 18.4. The van der Waals surface area contributed by atoms with Gasteiger partial charge in [-0.05, 0) is 67.8 Å². The zero-order chi connectivity index (χ0) is 23.7. The molecule has 3 aromatic carbocycles. The third-order valence-electron chi connectivity index (χ3n) is 5.67. The van der Waals surface area contributed by atoms with E-state index in [2.05, 4.69) is 5.32 Å². The molecule has 0 spiro atoms. The number of nitrogens with one attached hydrogen (secondary N) is 1. The van der Waals surface area contributed by atoms with Gasteiger partial charge in [0.25, 0.3) is 11.8 Å². The van der Waals surface area contributed by atoms with Gasteiger partial charge in [0.2, 0.25) is 0 Å². The number of hydrogen-bond donors (Lipinski definition) is 1. The van der Waals surface area contributed by atoms with E-state index in [0.29, 0.717) is 34.0 Å². The second-order valence-corrected chi connectivity index (χ2v) is 8.04. The van der Waals surface area contributed by atoms with E-state index in [-0.39, 0.29) is 11.6 Å². The monoisotopic (exact) mass is 442 g/mol. The maximum absolute atomic E-state index is 13.7. The SMILES string of the molecule is COc1ccc(C2=C(Nc3cc(C)ccc3OC)C(=O)N(c3ccc(C)cc3C)C2=O)cc1. The summed E-state index contributed by atoms with van der Waals surface area (Å²) in [5.41, 5.74) is 5.20. The first-order chi connectivity index (χ1) is 15.8. The van der Waals surface area contributed by atoms with Crippen LogP contribution in [-0.2, 0) is 9.59 Å². The lowest BCUT2D eigenvalue weighted by molar-refractivity contribution is -0.120. The molecule has 0 unspecified atom stereocenters. The van der Waals surface area contributed by atoms with Gasteiger partial charge < -0.3 is 14.8 Å². The van der Waals surface area contributed by atoms with Crippen molar-refractivity contribution in [3.8, 4) is 11.5 Å². The zero-order valence-electron chi connectivity index (χ0n) is 19.4. The Morgan fingerprint density at radius 2 is 1.42 bits per heavy atom. The first kappa shape index (κ1) is 22.1. The number of benzene rings is 3. The number of nitrogens with zero attached hydrogens (tertiary/aromatic N) is 1. The summed E-state index contributed by atoms with van der Waals surface area (Å²) in [5, 5.41) is 3.20. The molecule has 168 valence electrons. The predicted molar refractivity (Wildman–Crippen MR) is 130 cm³/mol. The van der Waals surface area contributed by atoms with Crippen LogP contribution in [0.4, 0.5) is 11.4 Å². The average molecular weight is 443 g/mol. The normalized spacial score (nSPS) is 13.5. The number of carbonyl (C=O) groups is 2. The molecule has 3 aromatic rings. The summed E-state index contributed by atoms with van der Waals surface area (Å²) in [7, 11) is 3.15. The van der Waals surface area contributed by atoms with E-state index < -0.39 is 5.91 Å². The van der Waals surface area contributed by atoms with Crippen molar-refractivity contribution >= 4 is 28.8 Å². The van der Waals surface area contributed by atoms with Gasteiger partial charge in [-0.1, -0.05) is 35.9 Å². The molecular formula is C27H26N2O4. The van der Waals surface area contributed by atoms with Crippen molar-refractivity contribution in [2.45, 2.75) is 20.8 Å². The van der Waals surface area contributed by atoms with Gasteiger partial charge in [-0.15, -0.1) is 0 Å². The third-order valence-corrected chi connectivity index (χ3v) is 5.67. The standard InChI is InChI=1S/C27H26N2O4/c1-16-6-12-22(18(3)14-16)29-26(30)24(19-8-10-20(32-4)11-9-19)25(27(29)31)28-21-15-17(2)7-13-23(21)33-5/h6-15,28H,1-5H3. The molecule has 6 nitrogen and oxygen atoms in total. The highest BCUT2D eigenvalue weighted by atomic mass is 16.5. The van der Waals surface area contributed by atoms with Crippen molar-refractivity contribution in [2.24, 2.45) is 0 Å². The molecule has 1 aliphatic rings. The van der Waals surface area contributed by atoms with E-state index in [1.807, 2.05) is 57.2 Å². The fraction of sp³-hybridized carbons (Fsp3) is 0.185. The molecule has 1 heterocycles. The first-order valence-corrected chi connectivity index (χ1v) is 10.6. The fourth-order valence-electron chi connectivity index (χ4n) is 4.00. The predicted octanol–water partition coefficient (Wildman–Crippen LogP) is 5.03. The van der Waals surface area contributed by atoms with Crippen molar-refractivity contribution in [2.75, 3.05) is 24.4 Å². The summed E-state index contributed by atoms with van der Waals surface area (Å²) in [6.45, 7) is 5.82. The van der Waals surface area contributed by atoms with Crippen molar-refractivity contribution in [3.63, 3.8) is 0 Å². The molecule has 0 fully saturated rings. The summed E-state index contributed by atoms with van der Waals surface area (Å²) in [6.07, 6.45) is 0. The average Bonchev–Trinajstić information content (AvgIpc) is 3.03. The molecule has 6 heteroatoms. The van der Waals surface area contributed by atoms with Crippen LogP contribution < -0.4 is 19.7 Å². The van der Waals surface area contributed by atoms with Crippen LogP contribution in [0.25, 0.3) is 5.57 Å². The highest BCUT2D eigenvalue weighted by Gasteiger charge is 2.41. The van der Waals surface area contributed by atoms with Crippen molar-refractivity contribution in [3.05, 3.63) is 88.6 Å². The zero-order valence-corrected chi connectivity index (χ0v) is 19.4. The summed E-state index contributed by atoms with van der Waals surface area (Å²) in [4.78, 5) is 28.6. The molecule has 0 bridgehead atoms. The molecule has 0 radical (unpaired) electrons. The van der Waals surface area contributed by atoms with E-state index >= 15 is 0 Å². The maximum atomic E-state index is 13.7. The minimum Gasteiger partial charge on any atom is -0.497 e. The molecule has 0 aliphatic carbocycles. The van der Waals surface area contributed by atoms with E-state index in [1.165, 1.54) is 4.90 Å². The number of carbonyl (C=O) groups excluding carboxylic acids is 2. The van der Waals surface area contributed by atoms with Crippen LogP contribution in [0.15, 0.2) is 66.4 Å². The minimum atomic E-state index is -0.415. The molecule has 2 amide bonds. The van der Waals surface area contributed by atoms with Gasteiger partial charge in [0, 0.05) is 0 Å². The Kier molecular flexibility index (Phi) is 5.92. The number of methoxy groups -OCH3 is 2. The van der Waals surface area contributed by atoms with Gasteiger partial charge in [-0.25, -0.2) is 4.90 Å².